The molecule has 0 radical (unpaired) electrons. The van der Waals surface area contributed by atoms with Crippen molar-refractivity contribution in [2.24, 2.45) is 0 Å². The SMILES string of the molecule is CC(CCS(C)=O)NCc1csc(-c2ccccn2)n1. The normalized spacial score (nSPS) is 14.1. The van der Waals surface area contributed by atoms with Crippen molar-refractivity contribution in [1.29, 1.82) is 0 Å². The van der Waals surface area contributed by atoms with Gasteiger partial charge in [0.25, 0.3) is 0 Å². The van der Waals surface area contributed by atoms with E-state index in [0.717, 1.165) is 35.1 Å². The minimum atomic E-state index is -0.717. The van der Waals surface area contributed by atoms with E-state index in [4.69, 9.17) is 0 Å². The summed E-state index contributed by atoms with van der Waals surface area (Å²) in [6, 6.07) is 6.18. The first-order valence-electron chi connectivity index (χ1n) is 6.54. The molecule has 1 N–H and O–H groups in total. The Morgan fingerprint density at radius 3 is 3.00 bits per heavy atom. The van der Waals surface area contributed by atoms with Crippen LogP contribution < -0.4 is 5.32 Å². The molecule has 0 aromatic carbocycles. The number of nitrogens with one attached hydrogen (secondary N) is 1. The Morgan fingerprint density at radius 2 is 2.30 bits per heavy atom. The van der Waals surface area contributed by atoms with Crippen LogP contribution in [-0.4, -0.2) is 32.2 Å². The van der Waals surface area contributed by atoms with Gasteiger partial charge in [0, 0.05) is 47.0 Å². The quantitative estimate of drug-likeness (QED) is 0.853. The highest BCUT2D eigenvalue weighted by molar-refractivity contribution is 7.84. The molecule has 2 heterocycles. The lowest BCUT2D eigenvalue weighted by molar-refractivity contribution is 0.531. The molecule has 2 aromatic rings. The second-order valence-corrected chi connectivity index (χ2v) is 7.12. The summed E-state index contributed by atoms with van der Waals surface area (Å²) in [5.41, 5.74) is 1.94. The van der Waals surface area contributed by atoms with Gasteiger partial charge < -0.3 is 5.32 Å². The van der Waals surface area contributed by atoms with E-state index >= 15 is 0 Å². The smallest absolute Gasteiger partial charge is 0.142 e. The summed E-state index contributed by atoms with van der Waals surface area (Å²) in [4.78, 5) is 8.88. The minimum absolute atomic E-state index is 0.346. The standard InChI is InChI=1S/C14H19N3OS2/c1-11(6-8-20(2)18)16-9-12-10-19-14(17-12)13-5-3-4-7-15-13/h3-5,7,10-11,16H,6,8-9H2,1-2H3. The van der Waals surface area contributed by atoms with Gasteiger partial charge in [-0.25, -0.2) is 4.98 Å². The van der Waals surface area contributed by atoms with E-state index in [9.17, 15) is 4.21 Å². The number of nitrogens with zero attached hydrogens (tertiary/aromatic N) is 2. The second-order valence-electron chi connectivity index (χ2n) is 4.71. The maximum Gasteiger partial charge on any atom is 0.142 e. The predicted molar refractivity (Wildman–Crippen MR) is 85.2 cm³/mol. The molecule has 20 heavy (non-hydrogen) atoms. The molecule has 0 amide bonds. The van der Waals surface area contributed by atoms with Gasteiger partial charge in [0.2, 0.25) is 0 Å². The lowest BCUT2D eigenvalue weighted by atomic mass is 10.2. The Kier molecular flexibility index (Phi) is 5.82. The van der Waals surface area contributed by atoms with Crippen LogP contribution in [0, 0.1) is 0 Å². The van der Waals surface area contributed by atoms with Crippen molar-refractivity contribution in [3.63, 3.8) is 0 Å². The van der Waals surface area contributed by atoms with Gasteiger partial charge in [-0.1, -0.05) is 6.07 Å². The molecule has 2 atom stereocenters. The van der Waals surface area contributed by atoms with E-state index in [0.29, 0.717) is 6.04 Å². The average molecular weight is 309 g/mol. The Hall–Kier alpha value is -1.11. The molecule has 0 saturated heterocycles. The molecule has 0 spiro atoms. The van der Waals surface area contributed by atoms with E-state index in [1.165, 1.54) is 0 Å². The highest BCUT2D eigenvalue weighted by atomic mass is 32.2. The predicted octanol–water partition coefficient (Wildman–Crippen LogP) is 2.45. The van der Waals surface area contributed by atoms with Crippen LogP contribution in [-0.2, 0) is 17.3 Å². The Bertz CT molecular complexity index is 557. The summed E-state index contributed by atoms with van der Waals surface area (Å²) >= 11 is 1.61. The van der Waals surface area contributed by atoms with E-state index in [1.54, 1.807) is 23.8 Å². The first-order valence-corrected chi connectivity index (χ1v) is 9.15. The van der Waals surface area contributed by atoms with Gasteiger partial charge in [-0.05, 0) is 25.5 Å². The van der Waals surface area contributed by atoms with Gasteiger partial charge in [-0.2, -0.15) is 0 Å². The lowest BCUT2D eigenvalue weighted by Crippen LogP contribution is -2.27. The Morgan fingerprint density at radius 1 is 1.45 bits per heavy atom. The molecule has 0 bridgehead atoms. The minimum Gasteiger partial charge on any atom is -0.309 e. The maximum absolute atomic E-state index is 11.0. The maximum atomic E-state index is 11.0. The average Bonchev–Trinajstić information content (AvgIpc) is 2.93. The molecule has 108 valence electrons. The van der Waals surface area contributed by atoms with Crippen LogP contribution in [0.2, 0.25) is 0 Å². The van der Waals surface area contributed by atoms with E-state index in [-0.39, 0.29) is 0 Å². The summed E-state index contributed by atoms with van der Waals surface area (Å²) in [6.45, 7) is 2.85. The first kappa shape index (κ1) is 15.3. The van der Waals surface area contributed by atoms with Crippen LogP contribution in [0.4, 0.5) is 0 Å². The van der Waals surface area contributed by atoms with Gasteiger partial charge in [-0.15, -0.1) is 11.3 Å². The molecule has 2 rings (SSSR count). The fourth-order valence-corrected chi connectivity index (χ4v) is 3.20. The Balaban J connectivity index is 1.86. The third-order valence-electron chi connectivity index (χ3n) is 2.91. The molecule has 0 aliphatic carbocycles. The second kappa shape index (κ2) is 7.61. The van der Waals surface area contributed by atoms with E-state index < -0.39 is 10.8 Å². The molecule has 0 fully saturated rings. The number of aromatic nitrogens is 2. The molecule has 2 aromatic heterocycles. The monoisotopic (exact) mass is 309 g/mol. The van der Waals surface area contributed by atoms with Gasteiger partial charge in [0.1, 0.15) is 5.01 Å². The molecule has 2 unspecified atom stereocenters. The van der Waals surface area contributed by atoms with Crippen molar-refractivity contribution in [2.45, 2.75) is 25.9 Å². The zero-order chi connectivity index (χ0) is 14.4. The number of hydrogen-bond donors (Lipinski definition) is 1. The van der Waals surface area contributed by atoms with Gasteiger partial charge in [0.05, 0.1) is 11.4 Å². The summed E-state index contributed by atoms with van der Waals surface area (Å²) < 4.78 is 11.0. The zero-order valence-corrected chi connectivity index (χ0v) is 13.3. The number of hydrogen-bond acceptors (Lipinski definition) is 5. The first-order chi connectivity index (χ1) is 9.65. The summed E-state index contributed by atoms with van der Waals surface area (Å²) in [7, 11) is -0.717. The van der Waals surface area contributed by atoms with Crippen LogP contribution in [0.25, 0.3) is 10.7 Å². The zero-order valence-electron chi connectivity index (χ0n) is 11.7. The van der Waals surface area contributed by atoms with Crippen molar-refractivity contribution in [2.75, 3.05) is 12.0 Å². The largest absolute Gasteiger partial charge is 0.309 e. The van der Waals surface area contributed by atoms with Crippen LogP contribution in [0.5, 0.6) is 0 Å². The summed E-state index contributed by atoms with van der Waals surface area (Å²) in [5.74, 6) is 0.740. The number of pyridine rings is 1. The van der Waals surface area contributed by atoms with Gasteiger partial charge in [-0.3, -0.25) is 9.19 Å². The van der Waals surface area contributed by atoms with Crippen molar-refractivity contribution < 1.29 is 4.21 Å². The molecule has 0 aliphatic rings. The highest BCUT2D eigenvalue weighted by Gasteiger charge is 2.07. The molecule has 4 nitrogen and oxygen atoms in total. The van der Waals surface area contributed by atoms with Crippen molar-refractivity contribution in [3.8, 4) is 10.7 Å². The Labute approximate surface area is 126 Å². The number of rotatable bonds is 7. The molecular formula is C14H19N3OS2. The van der Waals surface area contributed by atoms with Crippen molar-refractivity contribution in [3.05, 3.63) is 35.5 Å². The van der Waals surface area contributed by atoms with Gasteiger partial charge >= 0.3 is 0 Å². The van der Waals surface area contributed by atoms with Gasteiger partial charge in [0.15, 0.2) is 0 Å². The molecular weight excluding hydrogens is 290 g/mol. The van der Waals surface area contributed by atoms with E-state index in [1.807, 2.05) is 18.2 Å². The lowest BCUT2D eigenvalue weighted by Gasteiger charge is -2.11. The summed E-state index contributed by atoms with van der Waals surface area (Å²) in [5, 5.41) is 6.41. The van der Waals surface area contributed by atoms with Crippen LogP contribution in [0.15, 0.2) is 29.8 Å². The third-order valence-corrected chi connectivity index (χ3v) is 4.63. The number of thiazole rings is 1. The fourth-order valence-electron chi connectivity index (χ4n) is 1.72. The molecule has 0 aliphatic heterocycles. The summed E-state index contributed by atoms with van der Waals surface area (Å²) in [6.07, 6.45) is 4.44. The van der Waals surface area contributed by atoms with Crippen LogP contribution in [0.3, 0.4) is 0 Å². The van der Waals surface area contributed by atoms with Crippen LogP contribution in [0.1, 0.15) is 19.0 Å². The highest BCUT2D eigenvalue weighted by Crippen LogP contribution is 2.21. The van der Waals surface area contributed by atoms with E-state index in [2.05, 4.69) is 27.6 Å². The van der Waals surface area contributed by atoms with Crippen molar-refractivity contribution >= 4 is 22.1 Å². The third kappa shape index (κ3) is 4.77. The molecule has 6 heteroatoms. The van der Waals surface area contributed by atoms with Crippen molar-refractivity contribution in [1.82, 2.24) is 15.3 Å². The molecule has 0 saturated carbocycles. The van der Waals surface area contributed by atoms with Crippen LogP contribution >= 0.6 is 11.3 Å². The fraction of sp³-hybridized carbons (Fsp3) is 0.429. The topological polar surface area (TPSA) is 54.9 Å².